The van der Waals surface area contributed by atoms with Gasteiger partial charge in [-0.2, -0.15) is 0 Å². The number of carbonyl (C=O) groups excluding carboxylic acids is 2. The van der Waals surface area contributed by atoms with Crippen molar-refractivity contribution in [3.05, 3.63) is 16.0 Å². The van der Waals surface area contributed by atoms with Crippen molar-refractivity contribution < 1.29 is 9.59 Å². The maximum Gasteiger partial charge on any atom is 0.257 e. The lowest BCUT2D eigenvalue weighted by Crippen LogP contribution is -2.36. The summed E-state index contributed by atoms with van der Waals surface area (Å²) in [5, 5.41) is 7.15. The van der Waals surface area contributed by atoms with E-state index in [1.807, 2.05) is 11.8 Å². The van der Waals surface area contributed by atoms with Gasteiger partial charge in [0.05, 0.1) is 11.6 Å². The van der Waals surface area contributed by atoms with Crippen molar-refractivity contribution in [3.63, 3.8) is 0 Å². The Morgan fingerprint density at radius 3 is 2.70 bits per heavy atom. The second-order valence-corrected chi connectivity index (χ2v) is 8.75. The first-order chi connectivity index (χ1) is 13.2. The summed E-state index contributed by atoms with van der Waals surface area (Å²) in [5.74, 6) is 0.106. The Morgan fingerprint density at radius 2 is 2.00 bits per heavy atom. The molecule has 1 aliphatic heterocycles. The highest BCUT2D eigenvalue weighted by Crippen LogP contribution is 2.38. The molecule has 1 saturated heterocycles. The number of thiophene rings is 1. The molecule has 0 spiro atoms. The molecule has 6 heteroatoms. The molecular formula is C21H33N3O2S. The molecule has 1 aromatic heterocycles. The standard InChI is InChI=1S/C21H33N3O2S/c1-3-5-14-24(4-2)21(26)18-15-10-7-6-8-12-17(15)27-20(18)23-19(25)16-11-9-13-22-16/h16,22H,3-14H2,1-2H3,(H,23,25)/t16-/m1/s1. The van der Waals surface area contributed by atoms with Crippen LogP contribution in [-0.4, -0.2) is 42.4 Å². The second kappa shape index (κ2) is 9.69. The lowest BCUT2D eigenvalue weighted by Gasteiger charge is -2.22. The third-order valence-electron chi connectivity index (χ3n) is 5.70. The second-order valence-electron chi connectivity index (χ2n) is 7.65. The van der Waals surface area contributed by atoms with Gasteiger partial charge in [-0.05, 0) is 64.0 Å². The van der Waals surface area contributed by atoms with Gasteiger partial charge in [-0.1, -0.05) is 19.8 Å². The van der Waals surface area contributed by atoms with Crippen molar-refractivity contribution >= 4 is 28.2 Å². The third-order valence-corrected chi connectivity index (χ3v) is 6.91. The van der Waals surface area contributed by atoms with Gasteiger partial charge in [-0.15, -0.1) is 11.3 Å². The van der Waals surface area contributed by atoms with E-state index in [0.29, 0.717) is 6.54 Å². The predicted molar refractivity (Wildman–Crippen MR) is 112 cm³/mol. The van der Waals surface area contributed by atoms with Gasteiger partial charge < -0.3 is 15.5 Å². The normalized spacial score (nSPS) is 19.4. The molecule has 1 fully saturated rings. The molecule has 0 aromatic carbocycles. The van der Waals surface area contributed by atoms with Crippen LogP contribution in [0, 0.1) is 0 Å². The lowest BCUT2D eigenvalue weighted by atomic mass is 10.0. The van der Waals surface area contributed by atoms with E-state index in [1.54, 1.807) is 11.3 Å². The highest BCUT2D eigenvalue weighted by atomic mass is 32.1. The van der Waals surface area contributed by atoms with Crippen LogP contribution in [0.3, 0.4) is 0 Å². The van der Waals surface area contributed by atoms with Crippen LogP contribution in [0.2, 0.25) is 0 Å². The Balaban J connectivity index is 1.89. The number of nitrogens with zero attached hydrogens (tertiary/aromatic N) is 1. The molecule has 2 N–H and O–H groups in total. The van der Waals surface area contributed by atoms with Gasteiger partial charge in [0.25, 0.3) is 5.91 Å². The first-order valence-electron chi connectivity index (χ1n) is 10.6. The van der Waals surface area contributed by atoms with Crippen LogP contribution >= 0.6 is 11.3 Å². The van der Waals surface area contributed by atoms with Crippen LogP contribution in [0.25, 0.3) is 0 Å². The van der Waals surface area contributed by atoms with Gasteiger partial charge in [-0.25, -0.2) is 0 Å². The molecule has 3 rings (SSSR count). The predicted octanol–water partition coefficient (Wildman–Crippen LogP) is 3.97. The number of anilines is 1. The van der Waals surface area contributed by atoms with Gasteiger partial charge >= 0.3 is 0 Å². The molecule has 2 amide bonds. The number of aryl methyl sites for hydroxylation is 1. The lowest BCUT2D eigenvalue weighted by molar-refractivity contribution is -0.117. The Labute approximate surface area is 166 Å². The van der Waals surface area contributed by atoms with Crippen LogP contribution in [0.1, 0.15) is 79.6 Å². The average molecular weight is 392 g/mol. The molecule has 1 aliphatic carbocycles. The van der Waals surface area contributed by atoms with E-state index in [0.717, 1.165) is 68.6 Å². The molecule has 0 unspecified atom stereocenters. The number of rotatable bonds is 7. The zero-order valence-corrected chi connectivity index (χ0v) is 17.6. The summed E-state index contributed by atoms with van der Waals surface area (Å²) in [4.78, 5) is 29.4. The first kappa shape index (κ1) is 20.3. The molecular weight excluding hydrogens is 358 g/mol. The van der Waals surface area contributed by atoms with Crippen molar-refractivity contribution in [1.29, 1.82) is 0 Å². The summed E-state index contributed by atoms with van der Waals surface area (Å²) in [6.45, 7) is 6.58. The minimum Gasteiger partial charge on any atom is -0.339 e. The number of hydrogen-bond donors (Lipinski definition) is 2. The van der Waals surface area contributed by atoms with E-state index < -0.39 is 0 Å². The fourth-order valence-corrected chi connectivity index (χ4v) is 5.36. The summed E-state index contributed by atoms with van der Waals surface area (Å²) in [6, 6.07) is -0.128. The van der Waals surface area contributed by atoms with Gasteiger partial charge in [0.2, 0.25) is 5.91 Å². The van der Waals surface area contributed by atoms with Crippen LogP contribution in [0.15, 0.2) is 0 Å². The van der Waals surface area contributed by atoms with E-state index in [4.69, 9.17) is 0 Å². The maximum atomic E-state index is 13.4. The smallest absolute Gasteiger partial charge is 0.257 e. The Morgan fingerprint density at radius 1 is 1.19 bits per heavy atom. The molecule has 2 aliphatic rings. The Bertz CT molecular complexity index is 665. The summed E-state index contributed by atoms with van der Waals surface area (Å²) in [7, 11) is 0. The molecule has 0 bridgehead atoms. The highest BCUT2D eigenvalue weighted by Gasteiger charge is 2.30. The largest absolute Gasteiger partial charge is 0.339 e. The molecule has 27 heavy (non-hydrogen) atoms. The number of fused-ring (bicyclic) bond motifs is 1. The van der Waals surface area contributed by atoms with Gasteiger partial charge in [0.15, 0.2) is 0 Å². The number of unbranched alkanes of at least 4 members (excludes halogenated alkanes) is 1. The fraction of sp³-hybridized carbons (Fsp3) is 0.714. The van der Waals surface area contributed by atoms with Crippen molar-refractivity contribution in [2.75, 3.05) is 25.0 Å². The first-order valence-corrected chi connectivity index (χ1v) is 11.4. The monoisotopic (exact) mass is 391 g/mol. The van der Waals surface area contributed by atoms with E-state index in [1.165, 1.54) is 23.3 Å². The highest BCUT2D eigenvalue weighted by molar-refractivity contribution is 7.17. The topological polar surface area (TPSA) is 61.4 Å². The van der Waals surface area contributed by atoms with E-state index >= 15 is 0 Å². The van der Waals surface area contributed by atoms with Gasteiger partial charge in [0.1, 0.15) is 5.00 Å². The van der Waals surface area contributed by atoms with Crippen LogP contribution in [-0.2, 0) is 17.6 Å². The van der Waals surface area contributed by atoms with Crippen molar-refractivity contribution in [2.45, 2.75) is 77.7 Å². The molecule has 0 radical (unpaired) electrons. The van der Waals surface area contributed by atoms with Crippen LogP contribution < -0.4 is 10.6 Å². The van der Waals surface area contributed by atoms with Crippen LogP contribution in [0.5, 0.6) is 0 Å². The Hall–Kier alpha value is -1.40. The third kappa shape index (κ3) is 4.72. The van der Waals surface area contributed by atoms with Crippen molar-refractivity contribution in [2.24, 2.45) is 0 Å². The van der Waals surface area contributed by atoms with E-state index in [2.05, 4.69) is 17.6 Å². The summed E-state index contributed by atoms with van der Waals surface area (Å²) in [5.41, 5.74) is 1.98. The Kier molecular flexibility index (Phi) is 7.30. The number of hydrogen-bond acceptors (Lipinski definition) is 4. The number of carbonyl (C=O) groups is 2. The van der Waals surface area contributed by atoms with Crippen molar-refractivity contribution in [3.8, 4) is 0 Å². The van der Waals surface area contributed by atoms with E-state index in [-0.39, 0.29) is 17.9 Å². The molecule has 5 nitrogen and oxygen atoms in total. The summed E-state index contributed by atoms with van der Waals surface area (Å²) < 4.78 is 0. The quantitative estimate of drug-likeness (QED) is 0.692. The SMILES string of the molecule is CCCCN(CC)C(=O)c1c(NC(=O)[C@H]2CCCN2)sc2c1CCCCC2. The summed E-state index contributed by atoms with van der Waals surface area (Å²) in [6.07, 6.45) is 9.49. The zero-order valence-electron chi connectivity index (χ0n) is 16.7. The number of nitrogens with one attached hydrogen (secondary N) is 2. The fourth-order valence-electron chi connectivity index (χ4n) is 4.07. The minimum atomic E-state index is -0.128. The zero-order chi connectivity index (χ0) is 19.2. The van der Waals surface area contributed by atoms with E-state index in [9.17, 15) is 9.59 Å². The molecule has 0 saturated carbocycles. The number of amides is 2. The molecule has 1 aromatic rings. The maximum absolute atomic E-state index is 13.4. The van der Waals surface area contributed by atoms with Crippen molar-refractivity contribution in [1.82, 2.24) is 10.2 Å². The van der Waals surface area contributed by atoms with Gasteiger partial charge in [0, 0.05) is 18.0 Å². The molecule has 150 valence electrons. The summed E-state index contributed by atoms with van der Waals surface area (Å²) >= 11 is 1.64. The molecule has 1 atom stereocenters. The van der Waals surface area contributed by atoms with Crippen LogP contribution in [0.4, 0.5) is 5.00 Å². The average Bonchev–Trinajstić information content (AvgIpc) is 3.25. The van der Waals surface area contributed by atoms with Gasteiger partial charge in [-0.3, -0.25) is 9.59 Å². The minimum absolute atomic E-state index is 0.00886. The molecule has 2 heterocycles.